The van der Waals surface area contributed by atoms with Crippen LogP contribution in [-0.2, 0) is 4.79 Å². The highest BCUT2D eigenvalue weighted by Crippen LogP contribution is 2.28. The molecular weight excluding hydrogens is 454 g/mol. The van der Waals surface area contributed by atoms with Crippen molar-refractivity contribution in [3.05, 3.63) is 77.0 Å². The van der Waals surface area contributed by atoms with Crippen molar-refractivity contribution in [2.45, 2.75) is 18.2 Å². The van der Waals surface area contributed by atoms with E-state index >= 15 is 0 Å². The fraction of sp³-hybridized carbons (Fsp3) is 0.143. The molecule has 0 aliphatic carbocycles. The Morgan fingerprint density at radius 3 is 2.68 bits per heavy atom. The van der Waals surface area contributed by atoms with Gasteiger partial charge in [0.25, 0.3) is 0 Å². The Labute approximate surface area is 192 Å². The number of nitrogens with one attached hydrogen (secondary N) is 1. The van der Waals surface area contributed by atoms with Crippen LogP contribution in [0, 0.1) is 0 Å². The molecule has 0 saturated heterocycles. The molecular formula is C21H18ClN5O2S2. The largest absolute Gasteiger partial charge is 0.483 e. The Morgan fingerprint density at radius 1 is 1.19 bits per heavy atom. The first kappa shape index (κ1) is 21.4. The molecule has 1 N–H and O–H groups in total. The third-order valence-electron chi connectivity index (χ3n) is 4.17. The number of halogens is 1. The first-order chi connectivity index (χ1) is 15.1. The van der Waals surface area contributed by atoms with Gasteiger partial charge in [-0.3, -0.25) is 9.36 Å². The van der Waals surface area contributed by atoms with Crippen LogP contribution in [0.2, 0.25) is 5.02 Å². The number of benzene rings is 2. The third kappa shape index (κ3) is 5.43. The van der Waals surface area contributed by atoms with Crippen LogP contribution in [0.25, 0.3) is 5.69 Å². The van der Waals surface area contributed by atoms with Gasteiger partial charge in [-0.2, -0.15) is 0 Å². The third-order valence-corrected chi connectivity index (χ3v) is 6.04. The van der Waals surface area contributed by atoms with Crippen molar-refractivity contribution < 1.29 is 9.53 Å². The summed E-state index contributed by atoms with van der Waals surface area (Å²) in [5, 5.41) is 15.1. The van der Waals surface area contributed by atoms with Gasteiger partial charge >= 0.3 is 0 Å². The minimum Gasteiger partial charge on any atom is -0.483 e. The molecule has 2 heterocycles. The number of amides is 1. The van der Waals surface area contributed by atoms with E-state index in [9.17, 15) is 4.79 Å². The van der Waals surface area contributed by atoms with E-state index in [0.717, 1.165) is 5.69 Å². The number of aromatic nitrogens is 4. The molecule has 1 amide bonds. The number of ether oxygens (including phenoxy) is 1. The number of carbonyl (C=O) groups is 1. The van der Waals surface area contributed by atoms with Crippen molar-refractivity contribution in [3.63, 3.8) is 0 Å². The van der Waals surface area contributed by atoms with Crippen LogP contribution in [0.15, 0.2) is 71.3 Å². The van der Waals surface area contributed by atoms with Crippen LogP contribution >= 0.6 is 34.7 Å². The second-order valence-electron chi connectivity index (χ2n) is 6.40. The minimum absolute atomic E-state index is 0.158. The van der Waals surface area contributed by atoms with Crippen LogP contribution in [0.5, 0.6) is 5.75 Å². The summed E-state index contributed by atoms with van der Waals surface area (Å²) in [6.45, 7) is 1.90. The quantitative estimate of drug-likeness (QED) is 0.353. The SMILES string of the molecule is CC(Oc1ccc(Cl)cc1)c1nnc(SCC(=O)Nc2nccs2)n1-c1ccccc1. The lowest BCUT2D eigenvalue weighted by Crippen LogP contribution is -2.15. The topological polar surface area (TPSA) is 81.9 Å². The zero-order valence-corrected chi connectivity index (χ0v) is 18.8. The van der Waals surface area contributed by atoms with Crippen LogP contribution in [0.4, 0.5) is 5.13 Å². The molecule has 0 bridgehead atoms. The molecule has 0 aliphatic rings. The fourth-order valence-electron chi connectivity index (χ4n) is 2.80. The number of anilines is 1. The standard InChI is InChI=1S/C21H18ClN5O2S2/c1-14(29-17-9-7-15(22)8-10-17)19-25-26-21(27(19)16-5-3-2-4-6-16)31-13-18(28)24-20-23-11-12-30-20/h2-12,14H,13H2,1H3,(H,23,24,28). The molecule has 31 heavy (non-hydrogen) atoms. The van der Waals surface area contributed by atoms with E-state index < -0.39 is 0 Å². The first-order valence-corrected chi connectivity index (χ1v) is 11.6. The van der Waals surface area contributed by atoms with Gasteiger partial charge < -0.3 is 10.1 Å². The van der Waals surface area contributed by atoms with Gasteiger partial charge in [0, 0.05) is 22.3 Å². The minimum atomic E-state index is -0.382. The van der Waals surface area contributed by atoms with E-state index in [2.05, 4.69) is 20.5 Å². The average molecular weight is 472 g/mol. The summed E-state index contributed by atoms with van der Waals surface area (Å²) < 4.78 is 7.95. The summed E-state index contributed by atoms with van der Waals surface area (Å²) >= 11 is 8.63. The van der Waals surface area contributed by atoms with Crippen LogP contribution in [-0.4, -0.2) is 31.4 Å². The maximum Gasteiger partial charge on any atom is 0.236 e. The van der Waals surface area contributed by atoms with Gasteiger partial charge in [0.2, 0.25) is 5.91 Å². The molecule has 0 radical (unpaired) electrons. The van der Waals surface area contributed by atoms with E-state index in [1.165, 1.54) is 23.1 Å². The molecule has 1 atom stereocenters. The van der Waals surface area contributed by atoms with Crippen molar-refractivity contribution in [2.24, 2.45) is 0 Å². The number of hydrogen-bond acceptors (Lipinski definition) is 7. The number of rotatable bonds is 8. The highest BCUT2D eigenvalue weighted by Gasteiger charge is 2.21. The van der Waals surface area contributed by atoms with E-state index in [1.54, 1.807) is 30.5 Å². The van der Waals surface area contributed by atoms with Crippen molar-refractivity contribution in [1.82, 2.24) is 19.7 Å². The fourth-order valence-corrected chi connectivity index (χ4v) is 4.23. The van der Waals surface area contributed by atoms with Gasteiger partial charge in [-0.05, 0) is 43.3 Å². The van der Waals surface area contributed by atoms with E-state index in [-0.39, 0.29) is 17.8 Å². The molecule has 0 fully saturated rings. The monoisotopic (exact) mass is 471 g/mol. The summed E-state index contributed by atoms with van der Waals surface area (Å²) in [6, 6.07) is 16.9. The number of thioether (sulfide) groups is 1. The van der Waals surface area contributed by atoms with Gasteiger partial charge in [0.15, 0.2) is 22.2 Å². The van der Waals surface area contributed by atoms with Gasteiger partial charge in [0.1, 0.15) is 5.75 Å². The average Bonchev–Trinajstić information content (AvgIpc) is 3.44. The summed E-state index contributed by atoms with van der Waals surface area (Å²) in [7, 11) is 0. The number of hydrogen-bond donors (Lipinski definition) is 1. The summed E-state index contributed by atoms with van der Waals surface area (Å²) in [5.41, 5.74) is 0.886. The summed E-state index contributed by atoms with van der Waals surface area (Å²) in [4.78, 5) is 16.4. The first-order valence-electron chi connectivity index (χ1n) is 9.35. The normalized spacial score (nSPS) is 11.8. The number of carbonyl (C=O) groups excluding carboxylic acids is 1. The second kappa shape index (κ2) is 9.95. The zero-order valence-electron chi connectivity index (χ0n) is 16.4. The van der Waals surface area contributed by atoms with Gasteiger partial charge in [-0.15, -0.1) is 21.5 Å². The molecule has 0 saturated carbocycles. The molecule has 10 heteroatoms. The van der Waals surface area contributed by atoms with Gasteiger partial charge in [0.05, 0.1) is 5.75 Å². The predicted octanol–water partition coefficient (Wildman–Crippen LogP) is 5.25. The van der Waals surface area contributed by atoms with E-state index in [4.69, 9.17) is 16.3 Å². The number of thiazole rings is 1. The molecule has 7 nitrogen and oxygen atoms in total. The van der Waals surface area contributed by atoms with Crippen LogP contribution < -0.4 is 10.1 Å². The Morgan fingerprint density at radius 2 is 1.97 bits per heavy atom. The molecule has 1 unspecified atom stereocenters. The van der Waals surface area contributed by atoms with Crippen molar-refractivity contribution >= 4 is 45.7 Å². The lowest BCUT2D eigenvalue weighted by atomic mass is 10.3. The lowest BCUT2D eigenvalue weighted by Gasteiger charge is -2.16. The van der Waals surface area contributed by atoms with E-state index in [0.29, 0.717) is 26.9 Å². The molecule has 158 valence electrons. The second-order valence-corrected chi connectivity index (χ2v) is 8.67. The highest BCUT2D eigenvalue weighted by molar-refractivity contribution is 7.99. The Balaban J connectivity index is 1.55. The molecule has 4 rings (SSSR count). The highest BCUT2D eigenvalue weighted by atomic mass is 35.5. The molecule has 0 aliphatic heterocycles. The van der Waals surface area contributed by atoms with Crippen LogP contribution in [0.1, 0.15) is 18.9 Å². The van der Waals surface area contributed by atoms with Gasteiger partial charge in [-0.1, -0.05) is 41.6 Å². The maximum absolute atomic E-state index is 12.3. The Hall–Kier alpha value is -2.88. The van der Waals surface area contributed by atoms with Crippen molar-refractivity contribution in [1.29, 1.82) is 0 Å². The molecule has 4 aromatic rings. The molecule has 2 aromatic heterocycles. The lowest BCUT2D eigenvalue weighted by molar-refractivity contribution is -0.113. The van der Waals surface area contributed by atoms with Crippen molar-refractivity contribution in [2.75, 3.05) is 11.1 Å². The number of nitrogens with zero attached hydrogens (tertiary/aromatic N) is 4. The maximum atomic E-state index is 12.3. The van der Waals surface area contributed by atoms with Crippen molar-refractivity contribution in [3.8, 4) is 11.4 Å². The molecule has 2 aromatic carbocycles. The van der Waals surface area contributed by atoms with Gasteiger partial charge in [-0.25, -0.2) is 4.98 Å². The predicted molar refractivity (Wildman–Crippen MR) is 123 cm³/mol. The van der Waals surface area contributed by atoms with E-state index in [1.807, 2.05) is 47.2 Å². The number of para-hydroxylation sites is 1. The zero-order chi connectivity index (χ0) is 21.6. The Kier molecular flexibility index (Phi) is 6.86. The smallest absolute Gasteiger partial charge is 0.236 e. The summed E-state index contributed by atoms with van der Waals surface area (Å²) in [6.07, 6.45) is 1.26. The molecule has 0 spiro atoms. The van der Waals surface area contributed by atoms with Crippen LogP contribution in [0.3, 0.4) is 0 Å². The summed E-state index contributed by atoms with van der Waals surface area (Å²) in [5.74, 6) is 1.33. The Bertz CT molecular complexity index is 1130.